The van der Waals surface area contributed by atoms with Gasteiger partial charge in [-0.2, -0.15) is 9.13 Å². The van der Waals surface area contributed by atoms with Gasteiger partial charge in [0.05, 0.1) is 0 Å². The van der Waals surface area contributed by atoms with Crippen LogP contribution in [0, 0.1) is 6.92 Å². The summed E-state index contributed by atoms with van der Waals surface area (Å²) >= 11 is 0. The maximum atomic E-state index is 2.48. The van der Waals surface area contributed by atoms with Gasteiger partial charge in [0.2, 0.25) is 0 Å². The Balaban J connectivity index is 0.00000380. The third-order valence-corrected chi connectivity index (χ3v) is 7.39. The Morgan fingerprint density at radius 3 is 1.43 bits per heavy atom. The summed E-state index contributed by atoms with van der Waals surface area (Å²) < 4.78 is 4.95. The van der Waals surface area contributed by atoms with Gasteiger partial charge in [0.1, 0.15) is 11.4 Å². The molecule has 2 nitrogen and oxygen atoms in total. The zero-order valence-electron chi connectivity index (χ0n) is 24.0. The molecule has 0 aliphatic carbocycles. The molecule has 1 heterocycles. The number of hydrogen-bond donors (Lipinski definition) is 0. The second-order valence-electron chi connectivity index (χ2n) is 11.3. The lowest BCUT2D eigenvalue weighted by molar-refractivity contribution is -0.584. The molecule has 0 saturated heterocycles. The average molecular weight is 560 g/mol. The van der Waals surface area contributed by atoms with Gasteiger partial charge in [-0.15, -0.1) is 0 Å². The van der Waals surface area contributed by atoms with E-state index in [0.29, 0.717) is 23.7 Å². The number of halogens is 1. The van der Waals surface area contributed by atoms with Gasteiger partial charge >= 0.3 is 0 Å². The second-order valence-corrected chi connectivity index (χ2v) is 11.3. The summed E-state index contributed by atoms with van der Waals surface area (Å²) in [4.78, 5) is 0. The monoisotopic (exact) mass is 558 g/mol. The van der Waals surface area contributed by atoms with Gasteiger partial charge in [-0.25, -0.2) is 0 Å². The highest BCUT2D eigenvalue weighted by Gasteiger charge is 2.31. The zero-order valence-corrected chi connectivity index (χ0v) is 25.6. The fourth-order valence-corrected chi connectivity index (χ4v) is 5.47. The first-order valence-electron chi connectivity index (χ1n) is 13.6. The molecule has 0 saturated carbocycles. The molecule has 0 fully saturated rings. The van der Waals surface area contributed by atoms with E-state index in [-0.39, 0.29) is 17.0 Å². The molecule has 0 atom stereocenters. The molecule has 3 heteroatoms. The van der Waals surface area contributed by atoms with Crippen LogP contribution in [0.1, 0.15) is 107 Å². The van der Waals surface area contributed by atoms with Crippen molar-refractivity contribution in [2.45, 2.75) is 86.0 Å². The Morgan fingerprint density at radius 2 is 1.00 bits per heavy atom. The largest absolute Gasteiger partial charge is 1.00 e. The summed E-state index contributed by atoms with van der Waals surface area (Å²) in [5.74, 6) is 1.71. The summed E-state index contributed by atoms with van der Waals surface area (Å²) in [6, 6.07) is 24.6. The molecule has 4 aromatic rings. The Kier molecular flexibility index (Phi) is 9.23. The summed E-state index contributed by atoms with van der Waals surface area (Å²) in [7, 11) is 0. The number of aromatic nitrogens is 2. The lowest BCUT2D eigenvalue weighted by atomic mass is 9.92. The van der Waals surface area contributed by atoms with Crippen LogP contribution < -0.4 is 21.5 Å². The zero-order chi connectivity index (χ0) is 26.1. The Morgan fingerprint density at radius 1 is 0.568 bits per heavy atom. The molecule has 1 aromatic heterocycles. The van der Waals surface area contributed by atoms with Gasteiger partial charge in [-0.1, -0.05) is 122 Å². The van der Waals surface area contributed by atoms with E-state index in [2.05, 4.69) is 145 Å². The van der Waals surface area contributed by atoms with Crippen LogP contribution in [0.25, 0.3) is 22.6 Å². The number of nitrogens with zero attached hydrogens (tertiary/aromatic N) is 2. The number of hydrogen-bond acceptors (Lipinski definition) is 0. The molecule has 0 aliphatic heterocycles. The van der Waals surface area contributed by atoms with Crippen molar-refractivity contribution < 1.29 is 21.5 Å². The van der Waals surface area contributed by atoms with Gasteiger partial charge < -0.3 is 17.0 Å². The van der Waals surface area contributed by atoms with Crippen LogP contribution in [0.4, 0.5) is 0 Å². The first-order chi connectivity index (χ1) is 17.1. The molecule has 196 valence electrons. The van der Waals surface area contributed by atoms with Crippen molar-refractivity contribution in [3.05, 3.63) is 101 Å². The quantitative estimate of drug-likeness (QED) is 0.238. The van der Waals surface area contributed by atoms with Crippen molar-refractivity contribution >= 4 is 0 Å². The van der Waals surface area contributed by atoms with Crippen molar-refractivity contribution in [3.8, 4) is 22.6 Å². The van der Waals surface area contributed by atoms with Crippen LogP contribution in [-0.4, -0.2) is 4.57 Å². The van der Waals surface area contributed by atoms with Gasteiger partial charge in [-0.05, 0) is 23.7 Å². The van der Waals surface area contributed by atoms with Crippen LogP contribution in [0.15, 0.2) is 73.1 Å². The predicted octanol–water partition coefficient (Wildman–Crippen LogP) is 6.23. The summed E-state index contributed by atoms with van der Waals surface area (Å²) in [6.07, 6.45) is 2.36. The topological polar surface area (TPSA) is 8.81 Å². The lowest BCUT2D eigenvalue weighted by Gasteiger charge is -2.18. The minimum Gasteiger partial charge on any atom is -1.00 e. The smallest absolute Gasteiger partial charge is 0.254 e. The number of imidazole rings is 1. The maximum Gasteiger partial charge on any atom is 0.254 e. The van der Waals surface area contributed by atoms with Crippen molar-refractivity contribution in [1.29, 1.82) is 0 Å². The first-order valence-corrected chi connectivity index (χ1v) is 13.6. The van der Waals surface area contributed by atoms with E-state index < -0.39 is 0 Å². The normalized spacial score (nSPS) is 11.6. The van der Waals surface area contributed by atoms with E-state index >= 15 is 0 Å². The standard InChI is InChI=1S/C34H43N2.BrH/c1-22(2)28-17-13-18-29(23(3)4)33(28)35-21-36(32(26(35)9)27-15-11-10-12-16-27)34-30(24(5)6)19-14-20-31(34)25(7)8;/h10-25H,1-9H3;1H/q+1;/p-1. The molecule has 0 radical (unpaired) electrons. The third-order valence-electron chi connectivity index (χ3n) is 7.39. The van der Waals surface area contributed by atoms with Crippen LogP contribution >= 0.6 is 0 Å². The van der Waals surface area contributed by atoms with Crippen molar-refractivity contribution in [1.82, 2.24) is 4.57 Å². The molecular formula is C34H43BrN2. The lowest BCUT2D eigenvalue weighted by Crippen LogP contribution is -3.00. The average Bonchev–Trinajstić information content (AvgIpc) is 3.19. The van der Waals surface area contributed by atoms with Crippen molar-refractivity contribution in [3.63, 3.8) is 0 Å². The van der Waals surface area contributed by atoms with E-state index in [9.17, 15) is 0 Å². The number of benzene rings is 3. The van der Waals surface area contributed by atoms with Crippen LogP contribution in [0.2, 0.25) is 0 Å². The van der Waals surface area contributed by atoms with Gasteiger partial charge in [0, 0.05) is 34.7 Å². The molecule has 0 N–H and O–H groups in total. The minimum absolute atomic E-state index is 0. The van der Waals surface area contributed by atoms with Crippen LogP contribution in [0.5, 0.6) is 0 Å². The van der Waals surface area contributed by atoms with E-state index in [0.717, 1.165) is 0 Å². The molecule has 0 amide bonds. The predicted molar refractivity (Wildman–Crippen MR) is 154 cm³/mol. The molecule has 3 aromatic carbocycles. The molecule has 0 bridgehead atoms. The van der Waals surface area contributed by atoms with Crippen molar-refractivity contribution in [2.75, 3.05) is 0 Å². The molecular weight excluding hydrogens is 516 g/mol. The summed E-state index contributed by atoms with van der Waals surface area (Å²) in [5.41, 5.74) is 12.0. The molecule has 37 heavy (non-hydrogen) atoms. The van der Waals surface area contributed by atoms with E-state index in [1.165, 1.54) is 50.6 Å². The van der Waals surface area contributed by atoms with E-state index in [1.54, 1.807) is 0 Å². The highest BCUT2D eigenvalue weighted by atomic mass is 79.9. The van der Waals surface area contributed by atoms with E-state index in [1.807, 2.05) is 0 Å². The fourth-order valence-electron chi connectivity index (χ4n) is 5.47. The first kappa shape index (κ1) is 28.9. The summed E-state index contributed by atoms with van der Waals surface area (Å²) in [6.45, 7) is 20.7. The highest BCUT2D eigenvalue weighted by Crippen LogP contribution is 2.36. The van der Waals surface area contributed by atoms with Crippen LogP contribution in [-0.2, 0) is 0 Å². The van der Waals surface area contributed by atoms with E-state index in [4.69, 9.17) is 0 Å². The van der Waals surface area contributed by atoms with Gasteiger partial charge in [0.25, 0.3) is 6.33 Å². The summed E-state index contributed by atoms with van der Waals surface area (Å²) in [5, 5.41) is 0. The van der Waals surface area contributed by atoms with Crippen molar-refractivity contribution in [2.24, 2.45) is 0 Å². The molecule has 0 spiro atoms. The molecule has 0 unspecified atom stereocenters. The van der Waals surface area contributed by atoms with Crippen LogP contribution in [0.3, 0.4) is 0 Å². The Labute approximate surface area is 235 Å². The molecule has 0 aliphatic rings. The van der Waals surface area contributed by atoms with Gasteiger partial charge in [0.15, 0.2) is 11.4 Å². The number of para-hydroxylation sites is 2. The third kappa shape index (κ3) is 5.48. The second kappa shape index (κ2) is 11.8. The maximum absolute atomic E-state index is 2.48. The van der Waals surface area contributed by atoms with Gasteiger partial charge in [-0.3, -0.25) is 0 Å². The fraction of sp³-hybridized carbons (Fsp3) is 0.382. The Hall–Kier alpha value is -2.65. The number of rotatable bonds is 7. The molecule has 4 rings (SSSR count). The highest BCUT2D eigenvalue weighted by molar-refractivity contribution is 5.63. The Bertz CT molecular complexity index is 1290. The SMILES string of the molecule is Cc1c(-c2ccccc2)[n+](-c2c(C(C)C)cccc2C(C)C)cn1-c1c(C(C)C)cccc1C(C)C.[Br-]. The minimum atomic E-state index is 0.